The molecule has 100 valence electrons. The largest absolute Gasteiger partial charge is 0.466 e. The molecule has 1 heterocycles. The normalized spacial score (nSPS) is 10.3. The minimum Gasteiger partial charge on any atom is -0.466 e. The van der Waals surface area contributed by atoms with E-state index in [4.69, 9.17) is 4.74 Å². The van der Waals surface area contributed by atoms with Crippen molar-refractivity contribution in [3.8, 4) is 6.01 Å². The van der Waals surface area contributed by atoms with Crippen LogP contribution in [0.1, 0.15) is 27.0 Å². The van der Waals surface area contributed by atoms with Gasteiger partial charge in [-0.05, 0) is 31.9 Å². The van der Waals surface area contributed by atoms with Crippen LogP contribution < -0.4 is 10.1 Å². The maximum atomic E-state index is 12.2. The molecular weight excluding hydrogens is 244 g/mol. The fraction of sp³-hybridized carbons (Fsp3) is 0.308. The van der Waals surface area contributed by atoms with Crippen LogP contribution in [0.15, 0.2) is 12.1 Å². The molecule has 0 atom stereocenters. The molecule has 0 aliphatic heterocycles. The third-order valence-corrected chi connectivity index (χ3v) is 2.78. The second-order valence-electron chi connectivity index (χ2n) is 4.40. The number of benzene rings is 1. The third kappa shape index (κ3) is 2.73. The molecule has 0 saturated heterocycles. The molecule has 0 bridgehead atoms. The molecule has 1 amide bonds. The number of amides is 1. The minimum atomic E-state index is -0.214. The second kappa shape index (κ2) is 5.09. The van der Waals surface area contributed by atoms with Crippen molar-refractivity contribution in [1.82, 2.24) is 15.2 Å². The molecule has 0 aliphatic carbocycles. The zero-order chi connectivity index (χ0) is 14.0. The molecule has 1 aromatic carbocycles. The Morgan fingerprint density at radius 2 is 1.89 bits per heavy atom. The third-order valence-electron chi connectivity index (χ3n) is 2.78. The Morgan fingerprint density at radius 1 is 1.26 bits per heavy atom. The van der Waals surface area contributed by atoms with Crippen LogP contribution in [0.3, 0.4) is 0 Å². The van der Waals surface area contributed by atoms with Gasteiger partial charge in [0.15, 0.2) is 0 Å². The number of methoxy groups -OCH3 is 1. The van der Waals surface area contributed by atoms with Crippen molar-refractivity contribution < 1.29 is 9.53 Å². The van der Waals surface area contributed by atoms with E-state index in [-0.39, 0.29) is 17.9 Å². The molecule has 0 saturated carbocycles. The number of anilines is 1. The molecule has 0 fully saturated rings. The molecule has 2 N–H and O–H groups in total. The zero-order valence-corrected chi connectivity index (χ0v) is 11.4. The first-order valence-electron chi connectivity index (χ1n) is 5.87. The molecule has 6 nitrogen and oxygen atoms in total. The van der Waals surface area contributed by atoms with Gasteiger partial charge in [0.25, 0.3) is 5.91 Å². The number of carbonyl (C=O) groups excluding carboxylic acids is 1. The number of nitrogens with zero attached hydrogens (tertiary/aromatic N) is 2. The Bertz CT molecular complexity index is 596. The van der Waals surface area contributed by atoms with Crippen molar-refractivity contribution in [2.45, 2.75) is 20.8 Å². The fourth-order valence-corrected chi connectivity index (χ4v) is 2.10. The molecular formula is C13H16N4O2. The highest BCUT2D eigenvalue weighted by molar-refractivity contribution is 6.05. The van der Waals surface area contributed by atoms with Gasteiger partial charge >= 0.3 is 6.01 Å². The summed E-state index contributed by atoms with van der Waals surface area (Å²) in [5.41, 5.74) is 3.65. The summed E-state index contributed by atoms with van der Waals surface area (Å²) < 4.78 is 4.84. The van der Waals surface area contributed by atoms with Gasteiger partial charge in [0.1, 0.15) is 0 Å². The van der Waals surface area contributed by atoms with Gasteiger partial charge in [0, 0.05) is 5.56 Å². The summed E-state index contributed by atoms with van der Waals surface area (Å²) in [4.78, 5) is 16.2. The summed E-state index contributed by atoms with van der Waals surface area (Å²) >= 11 is 0. The maximum absolute atomic E-state index is 12.2. The van der Waals surface area contributed by atoms with Crippen molar-refractivity contribution in [3.63, 3.8) is 0 Å². The Balaban J connectivity index is 2.25. The molecule has 1 aromatic heterocycles. The van der Waals surface area contributed by atoms with Gasteiger partial charge in [-0.25, -0.2) is 5.10 Å². The number of nitrogens with one attached hydrogen (secondary N) is 2. The van der Waals surface area contributed by atoms with Crippen LogP contribution in [-0.2, 0) is 0 Å². The lowest BCUT2D eigenvalue weighted by Gasteiger charge is -2.10. The second-order valence-corrected chi connectivity index (χ2v) is 4.40. The lowest BCUT2D eigenvalue weighted by Crippen LogP contribution is -2.16. The Hall–Kier alpha value is -2.37. The van der Waals surface area contributed by atoms with Crippen LogP contribution in [-0.4, -0.2) is 28.2 Å². The van der Waals surface area contributed by atoms with E-state index >= 15 is 0 Å². The van der Waals surface area contributed by atoms with E-state index in [2.05, 4.69) is 20.5 Å². The van der Waals surface area contributed by atoms with Crippen LogP contribution in [0, 0.1) is 20.8 Å². The van der Waals surface area contributed by atoms with Gasteiger partial charge in [-0.1, -0.05) is 17.7 Å². The first kappa shape index (κ1) is 13.1. The monoisotopic (exact) mass is 260 g/mol. The smallest absolute Gasteiger partial charge is 0.336 e. The number of rotatable bonds is 3. The van der Waals surface area contributed by atoms with Crippen LogP contribution in [0.4, 0.5) is 5.95 Å². The molecule has 2 rings (SSSR count). The zero-order valence-electron chi connectivity index (χ0n) is 11.4. The number of aromatic amines is 1. The van der Waals surface area contributed by atoms with Crippen molar-refractivity contribution >= 4 is 11.9 Å². The summed E-state index contributed by atoms with van der Waals surface area (Å²) in [6.45, 7) is 5.83. The number of hydrogen-bond donors (Lipinski definition) is 2. The van der Waals surface area contributed by atoms with E-state index < -0.39 is 0 Å². The summed E-state index contributed by atoms with van der Waals surface area (Å²) in [7, 11) is 1.46. The van der Waals surface area contributed by atoms with Crippen LogP contribution in [0.2, 0.25) is 0 Å². The van der Waals surface area contributed by atoms with Crippen molar-refractivity contribution in [2.75, 3.05) is 12.4 Å². The molecule has 6 heteroatoms. The number of H-pyrrole nitrogens is 1. The number of aromatic nitrogens is 3. The van der Waals surface area contributed by atoms with Gasteiger partial charge in [0.05, 0.1) is 7.11 Å². The summed E-state index contributed by atoms with van der Waals surface area (Å²) in [5.74, 6) is 0.0510. The number of aryl methyl sites for hydroxylation is 3. The number of ether oxygens (including phenoxy) is 1. The first-order valence-corrected chi connectivity index (χ1v) is 5.87. The minimum absolute atomic E-state index is 0.188. The van der Waals surface area contributed by atoms with Crippen molar-refractivity contribution in [2.24, 2.45) is 0 Å². The number of hydrogen-bond acceptors (Lipinski definition) is 4. The molecule has 2 aromatic rings. The predicted octanol–water partition coefficient (Wildman–Crippen LogP) is 1.99. The topological polar surface area (TPSA) is 79.9 Å². The molecule has 0 unspecified atom stereocenters. The molecule has 19 heavy (non-hydrogen) atoms. The van der Waals surface area contributed by atoms with Crippen molar-refractivity contribution in [1.29, 1.82) is 0 Å². The van der Waals surface area contributed by atoms with Gasteiger partial charge in [0.2, 0.25) is 5.95 Å². The average molecular weight is 260 g/mol. The quantitative estimate of drug-likeness (QED) is 0.884. The van der Waals surface area contributed by atoms with E-state index in [1.54, 1.807) is 0 Å². The van der Waals surface area contributed by atoms with Crippen LogP contribution in [0.5, 0.6) is 6.01 Å². The highest BCUT2D eigenvalue weighted by atomic mass is 16.5. The highest BCUT2D eigenvalue weighted by Gasteiger charge is 2.14. The molecule has 0 spiro atoms. The van der Waals surface area contributed by atoms with Gasteiger partial charge in [-0.2, -0.15) is 4.98 Å². The maximum Gasteiger partial charge on any atom is 0.336 e. The van der Waals surface area contributed by atoms with E-state index in [9.17, 15) is 4.79 Å². The fourth-order valence-electron chi connectivity index (χ4n) is 2.10. The lowest BCUT2D eigenvalue weighted by atomic mass is 9.99. The summed E-state index contributed by atoms with van der Waals surface area (Å²) in [6, 6.07) is 4.14. The van der Waals surface area contributed by atoms with Crippen LogP contribution in [0.25, 0.3) is 0 Å². The molecule has 0 radical (unpaired) electrons. The number of carbonyl (C=O) groups is 1. The summed E-state index contributed by atoms with van der Waals surface area (Å²) in [6.07, 6.45) is 0. The SMILES string of the molecule is COc1n[nH]c(NC(=O)c2c(C)cc(C)cc2C)n1. The van der Waals surface area contributed by atoms with Gasteiger partial charge in [-0.15, -0.1) is 5.10 Å². The average Bonchev–Trinajstić information content (AvgIpc) is 2.75. The standard InChI is InChI=1S/C13H16N4O2/c1-7-5-8(2)10(9(3)6-7)11(18)14-12-15-13(19-4)17-16-12/h5-6H,1-4H3,(H2,14,15,16,17,18). The van der Waals surface area contributed by atoms with Crippen LogP contribution >= 0.6 is 0 Å². The first-order chi connectivity index (χ1) is 9.01. The Labute approximate surface area is 111 Å². The van der Waals surface area contributed by atoms with E-state index in [0.717, 1.165) is 16.7 Å². The van der Waals surface area contributed by atoms with E-state index in [0.29, 0.717) is 5.56 Å². The summed E-state index contributed by atoms with van der Waals surface area (Å²) in [5, 5.41) is 9.02. The molecule has 0 aliphatic rings. The van der Waals surface area contributed by atoms with E-state index in [1.165, 1.54) is 7.11 Å². The van der Waals surface area contributed by atoms with Crippen molar-refractivity contribution in [3.05, 3.63) is 34.4 Å². The Kier molecular flexibility index (Phi) is 3.50. The predicted molar refractivity (Wildman–Crippen MR) is 71.5 cm³/mol. The van der Waals surface area contributed by atoms with Gasteiger partial charge < -0.3 is 4.74 Å². The lowest BCUT2D eigenvalue weighted by molar-refractivity contribution is 0.102. The highest BCUT2D eigenvalue weighted by Crippen LogP contribution is 2.17. The van der Waals surface area contributed by atoms with Gasteiger partial charge in [-0.3, -0.25) is 10.1 Å². The Morgan fingerprint density at radius 3 is 2.42 bits per heavy atom. The van der Waals surface area contributed by atoms with E-state index in [1.807, 2.05) is 32.9 Å².